The number of aromatic carboxylic acids is 1. The highest BCUT2D eigenvalue weighted by Crippen LogP contribution is 2.29. The van der Waals surface area contributed by atoms with E-state index in [0.29, 0.717) is 16.6 Å². The zero-order valence-corrected chi connectivity index (χ0v) is 13.7. The van der Waals surface area contributed by atoms with E-state index in [4.69, 9.17) is 4.98 Å². The lowest BCUT2D eigenvalue weighted by Crippen LogP contribution is -2.23. The topological polar surface area (TPSA) is 53.0 Å². The molecule has 0 aliphatic rings. The molecular formula is C20H18NO2-. The van der Waals surface area contributed by atoms with Gasteiger partial charge in [-0.15, -0.1) is 0 Å². The third kappa shape index (κ3) is 2.70. The van der Waals surface area contributed by atoms with Crippen LogP contribution in [0.3, 0.4) is 0 Å². The SMILES string of the molecule is Cc1ccc(C)c(-c2cc(C(=O)[O-])c3cc(C)cc(C)c3n2)c1. The number of benzene rings is 2. The van der Waals surface area contributed by atoms with Crippen LogP contribution in [0.15, 0.2) is 36.4 Å². The van der Waals surface area contributed by atoms with Crippen LogP contribution in [0, 0.1) is 27.7 Å². The van der Waals surface area contributed by atoms with Gasteiger partial charge in [-0.05, 0) is 57.0 Å². The molecule has 0 saturated carbocycles. The minimum absolute atomic E-state index is 0.192. The van der Waals surface area contributed by atoms with Gasteiger partial charge in [-0.25, -0.2) is 4.98 Å². The summed E-state index contributed by atoms with van der Waals surface area (Å²) >= 11 is 0. The molecule has 3 rings (SSSR count). The molecule has 0 bridgehead atoms. The summed E-state index contributed by atoms with van der Waals surface area (Å²) in [5.74, 6) is -1.17. The summed E-state index contributed by atoms with van der Waals surface area (Å²) in [4.78, 5) is 16.4. The van der Waals surface area contributed by atoms with E-state index in [1.54, 1.807) is 6.07 Å². The van der Waals surface area contributed by atoms with Crippen LogP contribution in [-0.2, 0) is 0 Å². The lowest BCUT2D eigenvalue weighted by Gasteiger charge is -2.14. The molecule has 3 aromatic rings. The summed E-state index contributed by atoms with van der Waals surface area (Å²) in [5.41, 5.74) is 6.69. The number of carboxylic acid groups (broad SMARTS) is 1. The molecule has 0 unspecified atom stereocenters. The average molecular weight is 304 g/mol. The number of aromatic nitrogens is 1. The minimum atomic E-state index is -1.17. The number of fused-ring (bicyclic) bond motifs is 1. The van der Waals surface area contributed by atoms with Gasteiger partial charge in [0.25, 0.3) is 0 Å². The highest BCUT2D eigenvalue weighted by atomic mass is 16.4. The van der Waals surface area contributed by atoms with Gasteiger partial charge in [0.05, 0.1) is 17.2 Å². The Balaban J connectivity index is 2.40. The smallest absolute Gasteiger partial charge is 0.0745 e. The van der Waals surface area contributed by atoms with Gasteiger partial charge in [0.1, 0.15) is 0 Å². The average Bonchev–Trinajstić information content (AvgIpc) is 2.48. The van der Waals surface area contributed by atoms with Gasteiger partial charge >= 0.3 is 0 Å². The largest absolute Gasteiger partial charge is 0.545 e. The van der Waals surface area contributed by atoms with Crippen LogP contribution < -0.4 is 5.11 Å². The van der Waals surface area contributed by atoms with Crippen molar-refractivity contribution >= 4 is 16.9 Å². The molecule has 0 saturated heterocycles. The summed E-state index contributed by atoms with van der Waals surface area (Å²) < 4.78 is 0. The Labute approximate surface area is 135 Å². The number of carboxylic acids is 1. The van der Waals surface area contributed by atoms with Gasteiger partial charge in [0.2, 0.25) is 0 Å². The lowest BCUT2D eigenvalue weighted by atomic mass is 9.97. The van der Waals surface area contributed by atoms with Crippen molar-refractivity contribution in [2.75, 3.05) is 0 Å². The molecule has 1 aromatic heterocycles. The van der Waals surface area contributed by atoms with Crippen molar-refractivity contribution in [1.29, 1.82) is 0 Å². The number of nitrogens with zero attached hydrogens (tertiary/aromatic N) is 1. The second-order valence-electron chi connectivity index (χ2n) is 6.14. The van der Waals surface area contributed by atoms with E-state index in [0.717, 1.165) is 27.8 Å². The highest BCUT2D eigenvalue weighted by Gasteiger charge is 2.12. The van der Waals surface area contributed by atoms with Gasteiger partial charge < -0.3 is 9.90 Å². The van der Waals surface area contributed by atoms with Crippen molar-refractivity contribution in [2.45, 2.75) is 27.7 Å². The van der Waals surface area contributed by atoms with E-state index < -0.39 is 5.97 Å². The van der Waals surface area contributed by atoms with E-state index in [1.807, 2.05) is 58.0 Å². The zero-order valence-electron chi connectivity index (χ0n) is 13.7. The third-order valence-electron chi connectivity index (χ3n) is 4.14. The molecule has 3 heteroatoms. The molecule has 3 nitrogen and oxygen atoms in total. The monoisotopic (exact) mass is 304 g/mol. The fraction of sp³-hybridized carbons (Fsp3) is 0.200. The first-order valence-electron chi connectivity index (χ1n) is 7.58. The first-order valence-corrected chi connectivity index (χ1v) is 7.58. The van der Waals surface area contributed by atoms with Crippen molar-refractivity contribution < 1.29 is 9.90 Å². The predicted molar refractivity (Wildman–Crippen MR) is 90.5 cm³/mol. The van der Waals surface area contributed by atoms with Crippen LogP contribution in [0.1, 0.15) is 32.6 Å². The van der Waals surface area contributed by atoms with Crippen LogP contribution in [0.2, 0.25) is 0 Å². The standard InChI is InChI=1S/C20H19NO2/c1-11-5-6-13(3)15(8-11)18-10-17(20(22)23)16-9-12(2)7-14(4)19(16)21-18/h5-10H,1-4H3,(H,22,23)/p-1. The molecule has 0 N–H and O–H groups in total. The second kappa shape index (κ2) is 5.51. The third-order valence-corrected chi connectivity index (χ3v) is 4.14. The number of carbonyl (C=O) groups excluding carboxylic acids is 1. The maximum absolute atomic E-state index is 11.6. The van der Waals surface area contributed by atoms with Crippen LogP contribution in [0.4, 0.5) is 0 Å². The van der Waals surface area contributed by atoms with Crippen molar-refractivity contribution in [3.05, 3.63) is 64.2 Å². The van der Waals surface area contributed by atoms with Crippen LogP contribution >= 0.6 is 0 Å². The van der Waals surface area contributed by atoms with Gasteiger partial charge in [0, 0.05) is 16.5 Å². The lowest BCUT2D eigenvalue weighted by molar-refractivity contribution is -0.254. The number of carbonyl (C=O) groups is 1. The second-order valence-corrected chi connectivity index (χ2v) is 6.14. The van der Waals surface area contributed by atoms with Gasteiger partial charge in [-0.1, -0.05) is 29.3 Å². The van der Waals surface area contributed by atoms with E-state index in [9.17, 15) is 9.90 Å². The molecule has 23 heavy (non-hydrogen) atoms. The Kier molecular flexibility index (Phi) is 3.64. The number of pyridine rings is 1. The van der Waals surface area contributed by atoms with E-state index in [1.165, 1.54) is 0 Å². The molecule has 0 atom stereocenters. The molecule has 0 aliphatic heterocycles. The zero-order chi connectivity index (χ0) is 16.7. The van der Waals surface area contributed by atoms with Crippen LogP contribution in [0.5, 0.6) is 0 Å². The summed E-state index contributed by atoms with van der Waals surface area (Å²) in [6, 6.07) is 11.6. The Hall–Kier alpha value is -2.68. The van der Waals surface area contributed by atoms with E-state index in [-0.39, 0.29) is 5.56 Å². The Morgan fingerprint density at radius 2 is 1.65 bits per heavy atom. The molecule has 0 amide bonds. The first kappa shape index (κ1) is 15.2. The molecule has 2 aromatic carbocycles. The van der Waals surface area contributed by atoms with Gasteiger partial charge in [-0.3, -0.25) is 0 Å². The number of aryl methyl sites for hydroxylation is 4. The molecular weight excluding hydrogens is 286 g/mol. The Morgan fingerprint density at radius 1 is 0.913 bits per heavy atom. The fourth-order valence-corrected chi connectivity index (χ4v) is 3.00. The Bertz CT molecular complexity index is 942. The van der Waals surface area contributed by atoms with E-state index >= 15 is 0 Å². The molecule has 0 spiro atoms. The fourth-order valence-electron chi connectivity index (χ4n) is 3.00. The number of hydrogen-bond donors (Lipinski definition) is 0. The number of rotatable bonds is 2. The quantitative estimate of drug-likeness (QED) is 0.728. The number of hydrogen-bond acceptors (Lipinski definition) is 3. The molecule has 1 heterocycles. The van der Waals surface area contributed by atoms with Crippen molar-refractivity contribution in [2.24, 2.45) is 0 Å². The maximum atomic E-state index is 11.6. The van der Waals surface area contributed by atoms with Crippen molar-refractivity contribution in [3.63, 3.8) is 0 Å². The summed E-state index contributed by atoms with van der Waals surface area (Å²) in [6.07, 6.45) is 0. The minimum Gasteiger partial charge on any atom is -0.545 e. The van der Waals surface area contributed by atoms with Crippen molar-refractivity contribution in [3.8, 4) is 11.3 Å². The summed E-state index contributed by atoms with van der Waals surface area (Å²) in [6.45, 7) is 7.91. The maximum Gasteiger partial charge on any atom is 0.0745 e. The first-order chi connectivity index (χ1) is 10.9. The van der Waals surface area contributed by atoms with E-state index in [2.05, 4.69) is 0 Å². The molecule has 0 aliphatic carbocycles. The van der Waals surface area contributed by atoms with Crippen LogP contribution in [0.25, 0.3) is 22.2 Å². The van der Waals surface area contributed by atoms with Crippen LogP contribution in [-0.4, -0.2) is 11.0 Å². The molecule has 0 radical (unpaired) electrons. The highest BCUT2D eigenvalue weighted by molar-refractivity contribution is 6.04. The van der Waals surface area contributed by atoms with Gasteiger partial charge in [-0.2, -0.15) is 0 Å². The van der Waals surface area contributed by atoms with Gasteiger partial charge in [0.15, 0.2) is 0 Å². The predicted octanol–water partition coefficient (Wildman–Crippen LogP) is 3.50. The summed E-state index contributed by atoms with van der Waals surface area (Å²) in [5, 5.41) is 12.3. The Morgan fingerprint density at radius 3 is 2.35 bits per heavy atom. The normalized spacial score (nSPS) is 11.0. The summed E-state index contributed by atoms with van der Waals surface area (Å²) in [7, 11) is 0. The molecule has 116 valence electrons. The molecule has 0 fully saturated rings. The van der Waals surface area contributed by atoms with Crippen molar-refractivity contribution in [1.82, 2.24) is 4.98 Å².